The molecule has 0 aromatic carbocycles. The fraction of sp³-hybridized carbons (Fsp3) is 0.938. The molecular weight excluding hydrogens is 268 g/mol. The number of hydrogen-bond acceptors (Lipinski definition) is 4. The number of nitrogens with zero attached hydrogens (tertiary/aromatic N) is 1. The Morgan fingerprint density at radius 1 is 1.24 bits per heavy atom. The zero-order chi connectivity index (χ0) is 14.8. The van der Waals surface area contributed by atoms with Crippen molar-refractivity contribution in [3.05, 3.63) is 0 Å². The molecule has 3 heterocycles. The number of fused-ring (bicyclic) bond motifs is 2. The van der Waals surface area contributed by atoms with Crippen LogP contribution >= 0.6 is 0 Å². The smallest absolute Gasteiger partial charge is 0.249 e. The molecule has 5 heteroatoms. The Hall–Kier alpha value is -0.650. The molecule has 0 spiro atoms. The van der Waals surface area contributed by atoms with E-state index in [1.54, 1.807) is 0 Å². The van der Waals surface area contributed by atoms with Gasteiger partial charge >= 0.3 is 0 Å². The number of rotatable bonds is 5. The van der Waals surface area contributed by atoms with Crippen molar-refractivity contribution in [2.75, 3.05) is 32.8 Å². The molecule has 2 bridgehead atoms. The number of amides is 1. The Labute approximate surface area is 127 Å². The Bertz CT molecular complexity index is 363. The average Bonchev–Trinajstić information content (AvgIpc) is 3.05. The molecule has 2 unspecified atom stereocenters. The van der Waals surface area contributed by atoms with E-state index in [1.165, 1.54) is 12.8 Å². The molecule has 0 aromatic rings. The summed E-state index contributed by atoms with van der Waals surface area (Å²) in [5, 5.41) is 3.06. The lowest BCUT2D eigenvalue weighted by molar-refractivity contribution is -0.132. The molecule has 3 rings (SSSR count). The van der Waals surface area contributed by atoms with E-state index in [0.29, 0.717) is 37.2 Å². The first kappa shape index (κ1) is 15.3. The van der Waals surface area contributed by atoms with E-state index >= 15 is 0 Å². The second-order valence-corrected chi connectivity index (χ2v) is 7.00. The van der Waals surface area contributed by atoms with Crippen LogP contribution in [0.3, 0.4) is 0 Å². The fourth-order valence-electron chi connectivity index (χ4n) is 3.88. The highest BCUT2D eigenvalue weighted by atomic mass is 16.5. The normalized spacial score (nSPS) is 36.3. The van der Waals surface area contributed by atoms with Gasteiger partial charge in [-0.3, -0.25) is 9.69 Å². The highest BCUT2D eigenvalue weighted by Crippen LogP contribution is 2.28. The second kappa shape index (κ2) is 6.63. The predicted octanol–water partition coefficient (Wildman–Crippen LogP) is 1.03. The molecule has 0 saturated carbocycles. The summed E-state index contributed by atoms with van der Waals surface area (Å²) in [6.07, 6.45) is 3.98. The maximum Gasteiger partial charge on any atom is 0.249 e. The molecular formula is C16H28N2O3. The molecule has 1 N–H and O–H groups in total. The second-order valence-electron chi connectivity index (χ2n) is 7.00. The van der Waals surface area contributed by atoms with Crippen molar-refractivity contribution in [2.24, 2.45) is 11.8 Å². The molecule has 120 valence electrons. The lowest BCUT2D eigenvalue weighted by Gasteiger charge is -2.32. The molecule has 3 aliphatic rings. The van der Waals surface area contributed by atoms with Crippen molar-refractivity contribution in [1.29, 1.82) is 0 Å². The number of morpholine rings is 1. The molecule has 4 atom stereocenters. The molecule has 5 nitrogen and oxygen atoms in total. The number of nitrogens with one attached hydrogen (secondary N) is 1. The largest absolute Gasteiger partial charge is 0.372 e. The van der Waals surface area contributed by atoms with Gasteiger partial charge in [-0.2, -0.15) is 0 Å². The summed E-state index contributed by atoms with van der Waals surface area (Å²) < 4.78 is 11.5. The third kappa shape index (κ3) is 3.58. The lowest BCUT2D eigenvalue weighted by atomic mass is 9.89. The van der Waals surface area contributed by atoms with E-state index in [-0.39, 0.29) is 12.0 Å². The maximum atomic E-state index is 12.3. The Morgan fingerprint density at radius 2 is 1.95 bits per heavy atom. The molecule has 0 radical (unpaired) electrons. The van der Waals surface area contributed by atoms with E-state index < -0.39 is 0 Å². The van der Waals surface area contributed by atoms with Crippen LogP contribution in [0.5, 0.6) is 0 Å². The summed E-state index contributed by atoms with van der Waals surface area (Å²) in [5.41, 5.74) is 0. The van der Waals surface area contributed by atoms with Gasteiger partial charge in [-0.05, 0) is 31.1 Å². The van der Waals surface area contributed by atoms with Gasteiger partial charge in [-0.1, -0.05) is 13.8 Å². The summed E-state index contributed by atoms with van der Waals surface area (Å²) in [7, 11) is 0. The first-order valence-corrected chi connectivity index (χ1v) is 8.40. The van der Waals surface area contributed by atoms with Crippen LogP contribution in [0, 0.1) is 11.8 Å². The van der Waals surface area contributed by atoms with Crippen LogP contribution in [0.25, 0.3) is 0 Å². The molecule has 3 fully saturated rings. The third-order valence-corrected chi connectivity index (χ3v) is 5.10. The Morgan fingerprint density at radius 3 is 2.62 bits per heavy atom. The van der Waals surface area contributed by atoms with Crippen molar-refractivity contribution in [3.63, 3.8) is 0 Å². The average molecular weight is 296 g/mol. The van der Waals surface area contributed by atoms with Crippen molar-refractivity contribution in [1.82, 2.24) is 10.2 Å². The molecule has 3 aliphatic heterocycles. The van der Waals surface area contributed by atoms with Gasteiger partial charge in [0.05, 0.1) is 12.2 Å². The topological polar surface area (TPSA) is 50.8 Å². The van der Waals surface area contributed by atoms with Crippen LogP contribution in [0.2, 0.25) is 0 Å². The lowest BCUT2D eigenvalue weighted by Crippen LogP contribution is -2.47. The quantitative estimate of drug-likeness (QED) is 0.823. The predicted molar refractivity (Wildman–Crippen MR) is 80.0 cm³/mol. The number of hydrogen-bond donors (Lipinski definition) is 1. The molecule has 1 amide bonds. The van der Waals surface area contributed by atoms with Crippen molar-refractivity contribution in [2.45, 2.75) is 51.4 Å². The zero-order valence-electron chi connectivity index (χ0n) is 13.2. The molecule has 0 aliphatic carbocycles. The minimum Gasteiger partial charge on any atom is -0.372 e. The van der Waals surface area contributed by atoms with Gasteiger partial charge in [0.2, 0.25) is 5.91 Å². The summed E-state index contributed by atoms with van der Waals surface area (Å²) in [6, 6.07) is 0. The first-order valence-electron chi connectivity index (χ1n) is 8.40. The van der Waals surface area contributed by atoms with Gasteiger partial charge in [0.25, 0.3) is 0 Å². The third-order valence-electron chi connectivity index (χ3n) is 5.10. The van der Waals surface area contributed by atoms with E-state index in [0.717, 1.165) is 26.1 Å². The van der Waals surface area contributed by atoms with E-state index in [4.69, 9.17) is 9.47 Å². The van der Waals surface area contributed by atoms with Crippen molar-refractivity contribution >= 4 is 5.91 Å². The van der Waals surface area contributed by atoms with Gasteiger partial charge < -0.3 is 14.8 Å². The summed E-state index contributed by atoms with van der Waals surface area (Å²) in [4.78, 5) is 14.7. The highest BCUT2D eigenvalue weighted by Gasteiger charge is 2.36. The zero-order valence-corrected chi connectivity index (χ0v) is 13.2. The summed E-state index contributed by atoms with van der Waals surface area (Å²) >= 11 is 0. The summed E-state index contributed by atoms with van der Waals surface area (Å²) in [6.45, 7) is 8.71. The number of ether oxygens (including phenoxy) is 2. The van der Waals surface area contributed by atoms with Gasteiger partial charge in [-0.15, -0.1) is 0 Å². The van der Waals surface area contributed by atoms with Crippen molar-refractivity contribution in [3.8, 4) is 0 Å². The van der Waals surface area contributed by atoms with E-state index in [1.807, 2.05) is 0 Å². The van der Waals surface area contributed by atoms with Crippen molar-refractivity contribution < 1.29 is 14.3 Å². The molecule has 0 aromatic heterocycles. The number of carbonyl (C=O) groups excluding carboxylic acids is 1. The van der Waals surface area contributed by atoms with E-state index in [2.05, 4.69) is 24.1 Å². The number of carbonyl (C=O) groups is 1. The maximum absolute atomic E-state index is 12.3. The van der Waals surface area contributed by atoms with Crippen LogP contribution in [-0.4, -0.2) is 61.9 Å². The standard InChI is InChI=1S/C16H28N2O3/c1-11(2)14-5-8-20-15(14)16(19)17-6-7-18-9-12-3-4-13(10-18)21-12/h11-15H,3-10H2,1-2H3,(H,17,19)/t12?,13?,14-,15-/m1/s1. The minimum absolute atomic E-state index is 0.0717. The molecule has 3 saturated heterocycles. The van der Waals surface area contributed by atoms with Crippen LogP contribution in [0.1, 0.15) is 33.1 Å². The van der Waals surface area contributed by atoms with Crippen LogP contribution in [0.4, 0.5) is 0 Å². The Balaban J connectivity index is 1.40. The fourth-order valence-corrected chi connectivity index (χ4v) is 3.88. The van der Waals surface area contributed by atoms with Crippen LogP contribution < -0.4 is 5.32 Å². The van der Waals surface area contributed by atoms with Gasteiger partial charge in [-0.25, -0.2) is 0 Å². The van der Waals surface area contributed by atoms with Crippen LogP contribution in [-0.2, 0) is 14.3 Å². The van der Waals surface area contributed by atoms with E-state index in [9.17, 15) is 4.79 Å². The van der Waals surface area contributed by atoms with Gasteiger partial charge in [0, 0.05) is 32.8 Å². The van der Waals surface area contributed by atoms with Crippen LogP contribution in [0.15, 0.2) is 0 Å². The SMILES string of the molecule is CC(C)[C@H]1CCO[C@H]1C(=O)NCCN1CC2CCC(C1)O2. The Kier molecular flexibility index (Phi) is 4.82. The first-order chi connectivity index (χ1) is 10.1. The summed E-state index contributed by atoms with van der Waals surface area (Å²) in [5.74, 6) is 0.935. The highest BCUT2D eigenvalue weighted by molar-refractivity contribution is 5.81. The van der Waals surface area contributed by atoms with Gasteiger partial charge in [0.15, 0.2) is 0 Å². The number of likely N-dealkylation sites (tertiary alicyclic amines) is 1. The van der Waals surface area contributed by atoms with Gasteiger partial charge in [0.1, 0.15) is 6.10 Å². The molecule has 21 heavy (non-hydrogen) atoms. The minimum atomic E-state index is -0.245. The monoisotopic (exact) mass is 296 g/mol.